The van der Waals surface area contributed by atoms with Gasteiger partial charge in [-0.2, -0.15) is 0 Å². The number of ether oxygens (including phenoxy) is 2. The second-order valence-electron chi connectivity index (χ2n) is 5.18. The molecule has 0 fully saturated rings. The maximum Gasteiger partial charge on any atom is 0.165 e. The highest BCUT2D eigenvalue weighted by Gasteiger charge is 2.11. The molecule has 1 N–H and O–H groups in total. The highest BCUT2D eigenvalue weighted by Crippen LogP contribution is 2.22. The summed E-state index contributed by atoms with van der Waals surface area (Å²) in [6.45, 7) is 8.14. The minimum Gasteiger partial charge on any atom is -0.488 e. The molecule has 3 nitrogen and oxygen atoms in total. The van der Waals surface area contributed by atoms with Crippen LogP contribution in [0.1, 0.15) is 39.4 Å². The molecule has 0 radical (unpaired) electrons. The van der Waals surface area contributed by atoms with Gasteiger partial charge in [0, 0.05) is 0 Å². The third-order valence-electron chi connectivity index (χ3n) is 2.31. The summed E-state index contributed by atoms with van der Waals surface area (Å²) in [7, 11) is 0. The Labute approximate surface area is 108 Å². The van der Waals surface area contributed by atoms with Gasteiger partial charge in [0.05, 0.1) is 18.3 Å². The fourth-order valence-electron chi connectivity index (χ4n) is 1.39. The Morgan fingerprint density at radius 2 is 1.94 bits per heavy atom. The van der Waals surface area contributed by atoms with E-state index in [-0.39, 0.29) is 11.4 Å². The second-order valence-corrected chi connectivity index (χ2v) is 5.18. The molecule has 0 saturated carbocycles. The van der Waals surface area contributed by atoms with Crippen LogP contribution in [0.3, 0.4) is 0 Å². The summed E-state index contributed by atoms with van der Waals surface area (Å²) < 4.78 is 24.3. The Kier molecular flexibility index (Phi) is 5.11. The van der Waals surface area contributed by atoms with Gasteiger partial charge in [-0.1, -0.05) is 6.07 Å². The van der Waals surface area contributed by atoms with Crippen molar-refractivity contribution in [3.8, 4) is 5.75 Å². The van der Waals surface area contributed by atoms with Crippen LogP contribution in [0.4, 0.5) is 4.39 Å². The van der Waals surface area contributed by atoms with Crippen molar-refractivity contribution in [2.75, 3.05) is 13.2 Å². The van der Waals surface area contributed by atoms with Crippen molar-refractivity contribution >= 4 is 0 Å². The van der Waals surface area contributed by atoms with Gasteiger partial charge >= 0.3 is 0 Å². The maximum absolute atomic E-state index is 13.6. The first-order valence-corrected chi connectivity index (χ1v) is 6.04. The number of aliphatic hydroxyl groups excluding tert-OH is 1. The molecule has 0 aliphatic carbocycles. The number of halogens is 1. The Morgan fingerprint density at radius 3 is 2.44 bits per heavy atom. The largest absolute Gasteiger partial charge is 0.488 e. The van der Waals surface area contributed by atoms with Crippen molar-refractivity contribution in [2.24, 2.45) is 0 Å². The first-order chi connectivity index (χ1) is 8.29. The molecule has 1 rings (SSSR count). The molecule has 0 aliphatic rings. The van der Waals surface area contributed by atoms with Crippen LogP contribution in [-0.4, -0.2) is 23.9 Å². The number of hydrogen-bond donors (Lipinski definition) is 1. The molecule has 102 valence electrons. The van der Waals surface area contributed by atoms with Crippen molar-refractivity contribution in [3.05, 3.63) is 29.6 Å². The Morgan fingerprint density at radius 1 is 1.28 bits per heavy atom. The quantitative estimate of drug-likeness (QED) is 0.823. The Hall–Kier alpha value is -1.13. The first-order valence-electron chi connectivity index (χ1n) is 6.04. The lowest BCUT2D eigenvalue weighted by molar-refractivity contribution is -0.0166. The molecular weight excluding hydrogens is 235 g/mol. The lowest BCUT2D eigenvalue weighted by atomic mass is 10.1. The Bertz CT molecular complexity index is 383. The molecule has 0 saturated heterocycles. The normalized spacial score (nSPS) is 13.4. The first kappa shape index (κ1) is 14.9. The van der Waals surface area contributed by atoms with E-state index >= 15 is 0 Å². The highest BCUT2D eigenvalue weighted by atomic mass is 19.1. The summed E-state index contributed by atoms with van der Waals surface area (Å²) in [5, 5.41) is 9.32. The Balaban J connectivity index is 2.48. The second kappa shape index (κ2) is 6.16. The van der Waals surface area contributed by atoms with Gasteiger partial charge in [-0.05, 0) is 45.4 Å². The average Bonchev–Trinajstić information content (AvgIpc) is 2.24. The SMILES string of the molecule is C[C@H](O)c1ccc(OCCOC(C)(C)C)c(F)c1. The zero-order valence-electron chi connectivity index (χ0n) is 11.4. The van der Waals surface area contributed by atoms with Gasteiger partial charge in [-0.15, -0.1) is 0 Å². The monoisotopic (exact) mass is 256 g/mol. The molecule has 0 aliphatic heterocycles. The van der Waals surface area contributed by atoms with Gasteiger partial charge in [0.15, 0.2) is 11.6 Å². The van der Waals surface area contributed by atoms with E-state index in [9.17, 15) is 9.50 Å². The molecule has 0 unspecified atom stereocenters. The fraction of sp³-hybridized carbons (Fsp3) is 0.571. The van der Waals surface area contributed by atoms with Gasteiger partial charge < -0.3 is 14.6 Å². The zero-order valence-corrected chi connectivity index (χ0v) is 11.4. The number of aliphatic hydroxyl groups is 1. The van der Waals surface area contributed by atoms with Crippen LogP contribution < -0.4 is 4.74 Å². The molecule has 0 amide bonds. The molecule has 0 heterocycles. The number of benzene rings is 1. The van der Waals surface area contributed by atoms with Crippen LogP contribution in [0, 0.1) is 5.82 Å². The standard InChI is InChI=1S/C14H21FO3/c1-10(16)11-5-6-13(12(15)9-11)17-7-8-18-14(2,3)4/h5-6,9-10,16H,7-8H2,1-4H3/t10-/m0/s1. The van der Waals surface area contributed by atoms with E-state index in [1.54, 1.807) is 13.0 Å². The van der Waals surface area contributed by atoms with Crippen LogP contribution >= 0.6 is 0 Å². The molecule has 1 aromatic carbocycles. The number of rotatable bonds is 5. The third-order valence-corrected chi connectivity index (χ3v) is 2.31. The molecule has 18 heavy (non-hydrogen) atoms. The molecular formula is C14H21FO3. The minimum atomic E-state index is -0.683. The summed E-state index contributed by atoms with van der Waals surface area (Å²) in [6.07, 6.45) is -0.683. The zero-order chi connectivity index (χ0) is 13.8. The fourth-order valence-corrected chi connectivity index (χ4v) is 1.39. The maximum atomic E-state index is 13.6. The van der Waals surface area contributed by atoms with E-state index in [2.05, 4.69) is 0 Å². The number of hydrogen-bond acceptors (Lipinski definition) is 3. The summed E-state index contributed by atoms with van der Waals surface area (Å²) in [6, 6.07) is 4.45. The third kappa shape index (κ3) is 5.02. The van der Waals surface area contributed by atoms with Gasteiger partial charge in [0.2, 0.25) is 0 Å². The minimum absolute atomic E-state index is 0.178. The van der Waals surface area contributed by atoms with Crippen LogP contribution in [0.2, 0.25) is 0 Å². The van der Waals surface area contributed by atoms with Gasteiger partial charge in [0.25, 0.3) is 0 Å². The molecule has 0 aromatic heterocycles. The lowest BCUT2D eigenvalue weighted by Crippen LogP contribution is -2.22. The molecule has 0 spiro atoms. The van der Waals surface area contributed by atoms with Crippen molar-refractivity contribution in [1.29, 1.82) is 0 Å². The summed E-state index contributed by atoms with van der Waals surface area (Å²) in [4.78, 5) is 0. The molecule has 1 aromatic rings. The summed E-state index contributed by atoms with van der Waals surface area (Å²) >= 11 is 0. The van der Waals surface area contributed by atoms with Crippen LogP contribution in [0.15, 0.2) is 18.2 Å². The van der Waals surface area contributed by atoms with Gasteiger partial charge in [-0.3, -0.25) is 0 Å². The van der Waals surface area contributed by atoms with E-state index < -0.39 is 11.9 Å². The van der Waals surface area contributed by atoms with Crippen molar-refractivity contribution < 1.29 is 19.0 Å². The lowest BCUT2D eigenvalue weighted by Gasteiger charge is -2.19. The molecule has 1 atom stereocenters. The van der Waals surface area contributed by atoms with E-state index in [0.717, 1.165) is 0 Å². The van der Waals surface area contributed by atoms with Crippen LogP contribution in [-0.2, 0) is 4.74 Å². The van der Waals surface area contributed by atoms with Crippen LogP contribution in [0.5, 0.6) is 5.75 Å². The molecule has 0 bridgehead atoms. The van der Waals surface area contributed by atoms with E-state index in [1.807, 2.05) is 20.8 Å². The summed E-state index contributed by atoms with van der Waals surface area (Å²) in [5.74, 6) is -0.291. The smallest absolute Gasteiger partial charge is 0.165 e. The van der Waals surface area contributed by atoms with Crippen LogP contribution in [0.25, 0.3) is 0 Å². The summed E-state index contributed by atoms with van der Waals surface area (Å²) in [5.41, 5.74) is 0.309. The van der Waals surface area contributed by atoms with E-state index in [4.69, 9.17) is 9.47 Å². The predicted octanol–water partition coefficient (Wildman–Crippen LogP) is 3.07. The van der Waals surface area contributed by atoms with Crippen molar-refractivity contribution in [1.82, 2.24) is 0 Å². The average molecular weight is 256 g/mol. The van der Waals surface area contributed by atoms with Gasteiger partial charge in [0.1, 0.15) is 6.61 Å². The highest BCUT2D eigenvalue weighted by molar-refractivity contribution is 5.30. The van der Waals surface area contributed by atoms with Gasteiger partial charge in [-0.25, -0.2) is 4.39 Å². The van der Waals surface area contributed by atoms with E-state index in [1.165, 1.54) is 12.1 Å². The van der Waals surface area contributed by atoms with E-state index in [0.29, 0.717) is 18.8 Å². The topological polar surface area (TPSA) is 38.7 Å². The predicted molar refractivity (Wildman–Crippen MR) is 68.2 cm³/mol. The van der Waals surface area contributed by atoms with Crippen molar-refractivity contribution in [2.45, 2.75) is 39.4 Å². The molecule has 4 heteroatoms. The van der Waals surface area contributed by atoms with Crippen molar-refractivity contribution in [3.63, 3.8) is 0 Å².